The van der Waals surface area contributed by atoms with Crippen LogP contribution in [-0.4, -0.2) is 44.0 Å². The third-order valence-corrected chi connectivity index (χ3v) is 4.84. The van der Waals surface area contributed by atoms with Crippen molar-refractivity contribution in [1.82, 2.24) is 10.2 Å². The summed E-state index contributed by atoms with van der Waals surface area (Å²) >= 11 is 3.50. The number of halogens is 1. The van der Waals surface area contributed by atoms with Crippen LogP contribution >= 0.6 is 15.9 Å². The molecule has 0 radical (unpaired) electrons. The number of rotatable bonds is 6. The summed E-state index contributed by atoms with van der Waals surface area (Å²) in [5.41, 5.74) is 2.16. The van der Waals surface area contributed by atoms with Crippen LogP contribution in [0.15, 0.2) is 40.9 Å². The molecule has 1 aliphatic rings. The van der Waals surface area contributed by atoms with Crippen LogP contribution in [0, 0.1) is 0 Å². The summed E-state index contributed by atoms with van der Waals surface area (Å²) in [6, 6.07) is 11.0. The molecule has 2 N–H and O–H groups in total. The van der Waals surface area contributed by atoms with Gasteiger partial charge in [-0.05, 0) is 52.7 Å². The number of amides is 2. The second-order valence-corrected chi connectivity index (χ2v) is 7.29. The van der Waals surface area contributed by atoms with Crippen molar-refractivity contribution in [3.05, 3.63) is 52.0 Å². The van der Waals surface area contributed by atoms with Crippen molar-refractivity contribution < 1.29 is 19.1 Å². The van der Waals surface area contributed by atoms with Crippen LogP contribution in [0.4, 0.5) is 5.69 Å². The van der Waals surface area contributed by atoms with Crippen LogP contribution in [0.3, 0.4) is 0 Å². The molecule has 0 unspecified atom stereocenters. The van der Waals surface area contributed by atoms with Gasteiger partial charge in [-0.2, -0.15) is 0 Å². The molecule has 1 aliphatic heterocycles. The molecule has 0 aliphatic carbocycles. The largest absolute Gasteiger partial charge is 0.490 e. The standard InChI is InChI=1S/C20H22BrN3O4/c1-4-27-16-10-12(9-14(21)18(16)28-11-17(25)24(2)3)19-22-15-8-6-5-7-13(15)20(26)23-19/h5-10,19,22H,4,11H2,1-3H3,(H,23,26)/t19-/m0/s1. The summed E-state index contributed by atoms with van der Waals surface area (Å²) in [7, 11) is 3.34. The van der Waals surface area contributed by atoms with Crippen LogP contribution in [0.1, 0.15) is 29.0 Å². The number of ether oxygens (including phenoxy) is 2. The molecule has 0 aromatic heterocycles. The Kier molecular flexibility index (Phi) is 6.08. The molecule has 0 saturated heterocycles. The first kappa shape index (κ1) is 20.0. The molecule has 2 aromatic carbocycles. The maximum Gasteiger partial charge on any atom is 0.259 e. The van der Waals surface area contributed by atoms with Gasteiger partial charge in [0.2, 0.25) is 0 Å². The molecule has 8 heteroatoms. The topological polar surface area (TPSA) is 79.9 Å². The summed E-state index contributed by atoms with van der Waals surface area (Å²) in [5, 5.41) is 6.26. The van der Waals surface area contributed by atoms with Crippen molar-refractivity contribution >= 4 is 33.4 Å². The Morgan fingerprint density at radius 2 is 1.93 bits per heavy atom. The molecule has 1 heterocycles. The van der Waals surface area contributed by atoms with Gasteiger partial charge in [-0.15, -0.1) is 0 Å². The molecular weight excluding hydrogens is 426 g/mol. The van der Waals surface area contributed by atoms with E-state index >= 15 is 0 Å². The zero-order valence-electron chi connectivity index (χ0n) is 15.9. The highest BCUT2D eigenvalue weighted by Gasteiger charge is 2.26. The molecule has 2 amide bonds. The summed E-state index contributed by atoms with van der Waals surface area (Å²) in [6.45, 7) is 2.20. The fourth-order valence-electron chi connectivity index (χ4n) is 2.79. The molecule has 0 bridgehead atoms. The summed E-state index contributed by atoms with van der Waals surface area (Å²) in [6.07, 6.45) is -0.421. The van der Waals surface area contributed by atoms with E-state index in [1.807, 2.05) is 31.2 Å². The second-order valence-electron chi connectivity index (χ2n) is 6.44. The maximum atomic E-state index is 12.4. The van der Waals surface area contributed by atoms with Gasteiger partial charge in [0.05, 0.1) is 16.6 Å². The molecule has 2 aromatic rings. The van der Waals surface area contributed by atoms with Crippen molar-refractivity contribution in [2.75, 3.05) is 32.6 Å². The Bertz CT molecular complexity index is 901. The number of para-hydroxylation sites is 1. The lowest BCUT2D eigenvalue weighted by Crippen LogP contribution is -2.38. The lowest BCUT2D eigenvalue weighted by atomic mass is 10.1. The van der Waals surface area contributed by atoms with E-state index in [1.165, 1.54) is 4.90 Å². The Morgan fingerprint density at radius 1 is 1.18 bits per heavy atom. The molecule has 0 spiro atoms. The Morgan fingerprint density at radius 3 is 2.64 bits per heavy atom. The van der Waals surface area contributed by atoms with E-state index in [0.717, 1.165) is 11.3 Å². The Hall–Kier alpha value is -2.74. The van der Waals surface area contributed by atoms with Crippen molar-refractivity contribution in [2.45, 2.75) is 13.1 Å². The smallest absolute Gasteiger partial charge is 0.259 e. The number of carbonyl (C=O) groups is 2. The van der Waals surface area contributed by atoms with Crippen LogP contribution in [-0.2, 0) is 4.79 Å². The summed E-state index contributed by atoms with van der Waals surface area (Å²) in [5.74, 6) is 0.637. The minimum atomic E-state index is -0.421. The predicted octanol–water partition coefficient (Wildman–Crippen LogP) is 3.17. The fraction of sp³-hybridized carbons (Fsp3) is 0.300. The van der Waals surface area contributed by atoms with Gasteiger partial charge in [0.25, 0.3) is 11.8 Å². The quantitative estimate of drug-likeness (QED) is 0.710. The second kappa shape index (κ2) is 8.52. The number of hydrogen-bond donors (Lipinski definition) is 2. The van der Waals surface area contributed by atoms with Crippen LogP contribution in [0.5, 0.6) is 11.5 Å². The zero-order chi connectivity index (χ0) is 20.3. The van der Waals surface area contributed by atoms with Crippen LogP contribution in [0.25, 0.3) is 0 Å². The summed E-state index contributed by atoms with van der Waals surface area (Å²) in [4.78, 5) is 25.7. The number of nitrogens with one attached hydrogen (secondary N) is 2. The lowest BCUT2D eigenvalue weighted by molar-refractivity contribution is -0.130. The van der Waals surface area contributed by atoms with E-state index < -0.39 is 6.17 Å². The van der Waals surface area contributed by atoms with Gasteiger partial charge in [-0.25, -0.2) is 0 Å². The third kappa shape index (κ3) is 4.22. The monoisotopic (exact) mass is 447 g/mol. The van der Waals surface area contributed by atoms with Crippen LogP contribution in [0.2, 0.25) is 0 Å². The van der Waals surface area contributed by atoms with Crippen molar-refractivity contribution in [3.8, 4) is 11.5 Å². The van der Waals surface area contributed by atoms with E-state index in [9.17, 15) is 9.59 Å². The van der Waals surface area contributed by atoms with Gasteiger partial charge in [-0.3, -0.25) is 9.59 Å². The Labute approximate surface area is 172 Å². The van der Waals surface area contributed by atoms with Gasteiger partial charge >= 0.3 is 0 Å². The minimum Gasteiger partial charge on any atom is -0.490 e. The highest BCUT2D eigenvalue weighted by Crippen LogP contribution is 2.39. The molecule has 1 atom stereocenters. The highest BCUT2D eigenvalue weighted by atomic mass is 79.9. The van der Waals surface area contributed by atoms with Gasteiger partial charge in [0, 0.05) is 19.8 Å². The van der Waals surface area contributed by atoms with Crippen molar-refractivity contribution in [3.63, 3.8) is 0 Å². The molecule has 7 nitrogen and oxygen atoms in total. The summed E-state index contributed by atoms with van der Waals surface area (Å²) < 4.78 is 12.0. The number of carbonyl (C=O) groups excluding carboxylic acids is 2. The Balaban J connectivity index is 1.89. The zero-order valence-corrected chi connectivity index (χ0v) is 17.5. The first-order chi connectivity index (χ1) is 13.4. The SMILES string of the molecule is CCOc1cc([C@@H]2NC(=O)c3ccccc3N2)cc(Br)c1OCC(=O)N(C)C. The average Bonchev–Trinajstić information content (AvgIpc) is 2.67. The minimum absolute atomic E-state index is 0.100. The molecule has 148 valence electrons. The predicted molar refractivity (Wildman–Crippen MR) is 110 cm³/mol. The number of nitrogens with zero attached hydrogens (tertiary/aromatic N) is 1. The first-order valence-electron chi connectivity index (χ1n) is 8.86. The molecule has 3 rings (SSSR count). The van der Waals surface area contributed by atoms with E-state index in [2.05, 4.69) is 26.6 Å². The first-order valence-corrected chi connectivity index (χ1v) is 9.65. The molecular formula is C20H22BrN3O4. The van der Waals surface area contributed by atoms with Crippen LogP contribution < -0.4 is 20.1 Å². The average molecular weight is 448 g/mol. The number of anilines is 1. The van der Waals surface area contributed by atoms with Gasteiger partial charge in [0.15, 0.2) is 18.1 Å². The van der Waals surface area contributed by atoms with E-state index in [-0.39, 0.29) is 18.4 Å². The molecule has 0 fully saturated rings. The van der Waals surface area contributed by atoms with Crippen molar-refractivity contribution in [2.24, 2.45) is 0 Å². The van der Waals surface area contributed by atoms with Crippen molar-refractivity contribution in [1.29, 1.82) is 0 Å². The van der Waals surface area contributed by atoms with Gasteiger partial charge in [-0.1, -0.05) is 12.1 Å². The van der Waals surface area contributed by atoms with E-state index in [0.29, 0.717) is 28.1 Å². The van der Waals surface area contributed by atoms with Gasteiger partial charge < -0.3 is 25.0 Å². The number of likely N-dealkylation sites (N-methyl/N-ethyl adjacent to an activating group) is 1. The van der Waals surface area contributed by atoms with E-state index in [4.69, 9.17) is 9.47 Å². The number of benzene rings is 2. The third-order valence-electron chi connectivity index (χ3n) is 4.25. The number of fused-ring (bicyclic) bond motifs is 1. The number of hydrogen-bond acceptors (Lipinski definition) is 5. The fourth-order valence-corrected chi connectivity index (χ4v) is 3.37. The van der Waals surface area contributed by atoms with Gasteiger partial charge in [0.1, 0.15) is 6.17 Å². The van der Waals surface area contributed by atoms with E-state index in [1.54, 1.807) is 26.2 Å². The maximum absolute atomic E-state index is 12.4. The normalized spacial score (nSPS) is 15.1. The highest BCUT2D eigenvalue weighted by molar-refractivity contribution is 9.10. The molecule has 28 heavy (non-hydrogen) atoms. The lowest BCUT2D eigenvalue weighted by Gasteiger charge is -2.29. The molecule has 0 saturated carbocycles.